The molecule has 2 fully saturated rings. The maximum Gasteiger partial charge on any atom is 0.326 e. The van der Waals surface area contributed by atoms with Gasteiger partial charge in [0.25, 0.3) is 5.91 Å². The van der Waals surface area contributed by atoms with Gasteiger partial charge in [0, 0.05) is 55.6 Å². The summed E-state index contributed by atoms with van der Waals surface area (Å²) in [5.74, 6) is 0.712. The highest BCUT2D eigenvalue weighted by Crippen LogP contribution is 2.26. The molecule has 5 rings (SSSR count). The van der Waals surface area contributed by atoms with Crippen LogP contribution in [0.3, 0.4) is 0 Å². The molecule has 2 aliphatic rings. The van der Waals surface area contributed by atoms with Gasteiger partial charge in [0.1, 0.15) is 17.3 Å². The highest BCUT2D eigenvalue weighted by molar-refractivity contribution is 6.30. The zero-order valence-electron chi connectivity index (χ0n) is 20.3. The minimum absolute atomic E-state index is 0.00514. The molecule has 2 saturated heterocycles. The standard InChI is InChI=1S/C24H26ClN9O3/c1-32(2)24(37)33-8-6-16(7-9-33)28-20-12-19(27-17-5-3-4-15(25)11-17)30-21-14(13-26-34(20)21)10-18-22(35)31-23(36)29-18/h3-5,10-13,16,28H,6-9H2,1-2H3,(H,27,30)(H2,29,31,35,36). The summed E-state index contributed by atoms with van der Waals surface area (Å²) >= 11 is 6.15. The Morgan fingerprint density at radius 2 is 1.97 bits per heavy atom. The van der Waals surface area contributed by atoms with Crippen LogP contribution in [0, 0.1) is 0 Å². The fourth-order valence-electron chi connectivity index (χ4n) is 4.31. The van der Waals surface area contributed by atoms with Gasteiger partial charge < -0.3 is 25.8 Å². The maximum absolute atomic E-state index is 12.3. The van der Waals surface area contributed by atoms with E-state index in [2.05, 4.69) is 26.4 Å². The zero-order chi connectivity index (χ0) is 26.1. The fraction of sp³-hybridized carbons (Fsp3) is 0.292. The van der Waals surface area contributed by atoms with Gasteiger partial charge in [-0.05, 0) is 37.1 Å². The third-order valence-electron chi connectivity index (χ3n) is 6.12. The molecule has 0 radical (unpaired) electrons. The number of nitrogens with zero attached hydrogens (tertiary/aromatic N) is 5. The molecule has 5 amide bonds. The molecule has 3 aromatic rings. The Labute approximate surface area is 217 Å². The lowest BCUT2D eigenvalue weighted by molar-refractivity contribution is -0.115. The van der Waals surface area contributed by atoms with E-state index < -0.39 is 11.9 Å². The minimum atomic E-state index is -0.578. The zero-order valence-corrected chi connectivity index (χ0v) is 21.0. The van der Waals surface area contributed by atoms with Crippen LogP contribution in [0.25, 0.3) is 11.7 Å². The first kappa shape index (κ1) is 24.4. The van der Waals surface area contributed by atoms with Crippen LogP contribution in [-0.4, -0.2) is 75.6 Å². The molecule has 0 bridgehead atoms. The number of carbonyl (C=O) groups is 3. The second kappa shape index (κ2) is 9.97. The van der Waals surface area contributed by atoms with Gasteiger partial charge in [-0.1, -0.05) is 17.7 Å². The molecule has 0 saturated carbocycles. The minimum Gasteiger partial charge on any atom is -0.367 e. The second-order valence-corrected chi connectivity index (χ2v) is 9.48. The van der Waals surface area contributed by atoms with Crippen LogP contribution < -0.4 is 21.3 Å². The molecule has 192 valence electrons. The van der Waals surface area contributed by atoms with Gasteiger partial charge in [0.15, 0.2) is 5.65 Å². The molecular formula is C24H26ClN9O3. The summed E-state index contributed by atoms with van der Waals surface area (Å²) in [5.41, 5.74) is 1.91. The van der Waals surface area contributed by atoms with Crippen molar-refractivity contribution in [3.8, 4) is 0 Å². The van der Waals surface area contributed by atoms with Gasteiger partial charge in [-0.15, -0.1) is 0 Å². The Morgan fingerprint density at radius 3 is 2.65 bits per heavy atom. The predicted molar refractivity (Wildman–Crippen MR) is 140 cm³/mol. The van der Waals surface area contributed by atoms with Crippen LogP contribution in [0.2, 0.25) is 5.02 Å². The monoisotopic (exact) mass is 523 g/mol. The molecular weight excluding hydrogens is 498 g/mol. The molecule has 12 nitrogen and oxygen atoms in total. The smallest absolute Gasteiger partial charge is 0.326 e. The quantitative estimate of drug-likeness (QED) is 0.298. The highest BCUT2D eigenvalue weighted by Gasteiger charge is 2.26. The number of carbonyl (C=O) groups excluding carboxylic acids is 3. The number of nitrogens with one attached hydrogen (secondary N) is 4. The van der Waals surface area contributed by atoms with Crippen molar-refractivity contribution < 1.29 is 14.4 Å². The molecule has 37 heavy (non-hydrogen) atoms. The Morgan fingerprint density at radius 1 is 1.19 bits per heavy atom. The van der Waals surface area contributed by atoms with E-state index in [1.165, 1.54) is 6.08 Å². The number of piperidine rings is 1. The summed E-state index contributed by atoms with van der Waals surface area (Å²) in [5, 5.41) is 16.6. The van der Waals surface area contributed by atoms with Gasteiger partial charge >= 0.3 is 12.1 Å². The number of benzene rings is 1. The number of amides is 5. The van der Waals surface area contributed by atoms with Crippen molar-refractivity contribution in [3.05, 3.63) is 52.8 Å². The molecule has 4 N–H and O–H groups in total. The number of anilines is 3. The van der Waals surface area contributed by atoms with Gasteiger partial charge in [-0.3, -0.25) is 10.1 Å². The van der Waals surface area contributed by atoms with E-state index in [0.717, 1.165) is 18.5 Å². The van der Waals surface area contributed by atoms with Crippen molar-refractivity contribution in [3.63, 3.8) is 0 Å². The number of likely N-dealkylation sites (tertiary alicyclic amines) is 1. The van der Waals surface area contributed by atoms with E-state index in [0.29, 0.717) is 41.0 Å². The average Bonchev–Trinajstić information content (AvgIpc) is 3.41. The first-order chi connectivity index (χ1) is 17.8. The number of fused-ring (bicyclic) bond motifs is 1. The fourth-order valence-corrected chi connectivity index (χ4v) is 4.50. The van der Waals surface area contributed by atoms with Crippen molar-refractivity contribution >= 4 is 58.6 Å². The molecule has 1 aromatic carbocycles. The number of aromatic nitrogens is 3. The number of hydrogen-bond donors (Lipinski definition) is 4. The van der Waals surface area contributed by atoms with Gasteiger partial charge in [-0.2, -0.15) is 9.61 Å². The van der Waals surface area contributed by atoms with Crippen molar-refractivity contribution in [1.29, 1.82) is 0 Å². The van der Waals surface area contributed by atoms with Gasteiger partial charge in [0.2, 0.25) is 0 Å². The number of rotatable bonds is 5. The second-order valence-electron chi connectivity index (χ2n) is 9.05. The van der Waals surface area contributed by atoms with Crippen LogP contribution in [-0.2, 0) is 4.79 Å². The van der Waals surface area contributed by atoms with Crippen LogP contribution >= 0.6 is 11.6 Å². The first-order valence-corrected chi connectivity index (χ1v) is 12.1. The highest BCUT2D eigenvalue weighted by atomic mass is 35.5. The summed E-state index contributed by atoms with van der Waals surface area (Å²) in [6, 6.07) is 8.67. The van der Waals surface area contributed by atoms with E-state index in [9.17, 15) is 14.4 Å². The molecule has 2 aromatic heterocycles. The van der Waals surface area contributed by atoms with Gasteiger partial charge in [0.05, 0.1) is 6.20 Å². The van der Waals surface area contributed by atoms with Crippen LogP contribution in [0.1, 0.15) is 18.4 Å². The lowest BCUT2D eigenvalue weighted by atomic mass is 10.1. The SMILES string of the molecule is CN(C)C(=O)N1CCC(Nc2cc(Nc3cccc(Cl)c3)nc3c(C=C4NC(=O)NC4=O)cnn23)CC1. The normalized spacial score (nSPS) is 17.2. The summed E-state index contributed by atoms with van der Waals surface area (Å²) in [6.45, 7) is 1.28. The van der Waals surface area contributed by atoms with Crippen molar-refractivity contribution in [1.82, 2.24) is 35.0 Å². The largest absolute Gasteiger partial charge is 0.367 e. The van der Waals surface area contributed by atoms with Crippen molar-refractivity contribution in [2.45, 2.75) is 18.9 Å². The third kappa shape index (κ3) is 5.28. The molecule has 0 atom stereocenters. The van der Waals surface area contributed by atoms with E-state index in [4.69, 9.17) is 16.6 Å². The predicted octanol–water partition coefficient (Wildman–Crippen LogP) is 2.86. The summed E-state index contributed by atoms with van der Waals surface area (Å²) in [6.07, 6.45) is 4.66. The number of urea groups is 2. The Kier molecular flexibility index (Phi) is 6.57. The van der Waals surface area contributed by atoms with E-state index >= 15 is 0 Å². The number of imide groups is 1. The Balaban J connectivity index is 1.46. The first-order valence-electron chi connectivity index (χ1n) is 11.7. The molecule has 0 unspecified atom stereocenters. The molecule has 13 heteroatoms. The summed E-state index contributed by atoms with van der Waals surface area (Å²) in [4.78, 5) is 44.0. The molecule has 4 heterocycles. The molecule has 2 aliphatic heterocycles. The number of halogens is 1. The number of hydrogen-bond acceptors (Lipinski definition) is 7. The Bertz CT molecular complexity index is 1410. The Hall–Kier alpha value is -4.32. The lowest BCUT2D eigenvalue weighted by Crippen LogP contribution is -2.46. The summed E-state index contributed by atoms with van der Waals surface area (Å²) < 4.78 is 1.65. The average molecular weight is 524 g/mol. The topological polar surface area (TPSA) is 136 Å². The van der Waals surface area contributed by atoms with E-state index in [-0.39, 0.29) is 17.8 Å². The maximum atomic E-state index is 12.3. The van der Waals surface area contributed by atoms with Crippen LogP contribution in [0.4, 0.5) is 26.9 Å². The third-order valence-corrected chi connectivity index (χ3v) is 6.35. The molecule has 0 aliphatic carbocycles. The van der Waals surface area contributed by atoms with Crippen LogP contribution in [0.15, 0.2) is 42.2 Å². The lowest BCUT2D eigenvalue weighted by Gasteiger charge is -2.34. The van der Waals surface area contributed by atoms with E-state index in [1.807, 2.05) is 23.1 Å². The van der Waals surface area contributed by atoms with Crippen LogP contribution in [0.5, 0.6) is 0 Å². The van der Waals surface area contributed by atoms with Crippen molar-refractivity contribution in [2.24, 2.45) is 0 Å². The van der Waals surface area contributed by atoms with E-state index in [1.54, 1.807) is 41.8 Å². The van der Waals surface area contributed by atoms with Gasteiger partial charge in [-0.25, -0.2) is 14.6 Å². The molecule has 0 spiro atoms. The van der Waals surface area contributed by atoms with Crippen molar-refractivity contribution in [2.75, 3.05) is 37.8 Å². The summed E-state index contributed by atoms with van der Waals surface area (Å²) in [7, 11) is 3.50.